The second kappa shape index (κ2) is 7.22. The minimum atomic E-state index is -0.0915. The van der Waals surface area contributed by atoms with E-state index in [2.05, 4.69) is 31.1 Å². The summed E-state index contributed by atoms with van der Waals surface area (Å²) in [5, 5.41) is 17.6. The first-order valence-electron chi connectivity index (χ1n) is 7.46. The van der Waals surface area contributed by atoms with E-state index >= 15 is 0 Å². The molecule has 1 heterocycles. The van der Waals surface area contributed by atoms with Crippen LogP contribution in [0.3, 0.4) is 0 Å². The van der Waals surface area contributed by atoms with Crippen LogP contribution >= 0.6 is 0 Å². The van der Waals surface area contributed by atoms with Crippen molar-refractivity contribution in [2.45, 2.75) is 46.1 Å². The number of benzene rings is 1. The molecule has 0 bridgehead atoms. The Kier molecular flexibility index (Phi) is 5.33. The molecule has 0 spiro atoms. The summed E-state index contributed by atoms with van der Waals surface area (Å²) in [5.41, 5.74) is 2.50. The second-order valence-corrected chi connectivity index (χ2v) is 5.34. The van der Waals surface area contributed by atoms with Gasteiger partial charge in [0.2, 0.25) is 0 Å². The largest absolute Gasteiger partial charge is 0.494 e. The van der Waals surface area contributed by atoms with Gasteiger partial charge < -0.3 is 9.84 Å². The SMILES string of the molecule is CCCCOc1ccc(-n2nnc(CO)c2C(C)C)cc1. The van der Waals surface area contributed by atoms with Gasteiger partial charge in [-0.1, -0.05) is 32.4 Å². The molecule has 0 saturated heterocycles. The maximum atomic E-state index is 9.36. The zero-order chi connectivity index (χ0) is 15.2. The average Bonchev–Trinajstić information content (AvgIpc) is 2.92. The molecule has 0 saturated carbocycles. The van der Waals surface area contributed by atoms with Crippen molar-refractivity contribution in [3.8, 4) is 11.4 Å². The molecular weight excluding hydrogens is 266 g/mol. The summed E-state index contributed by atoms with van der Waals surface area (Å²) >= 11 is 0. The number of rotatable bonds is 7. The molecule has 0 amide bonds. The smallest absolute Gasteiger partial charge is 0.119 e. The summed E-state index contributed by atoms with van der Waals surface area (Å²) in [5.74, 6) is 1.10. The average molecular weight is 289 g/mol. The van der Waals surface area contributed by atoms with Crippen LogP contribution < -0.4 is 4.74 Å². The normalized spacial score (nSPS) is 11.1. The van der Waals surface area contributed by atoms with Crippen molar-refractivity contribution < 1.29 is 9.84 Å². The van der Waals surface area contributed by atoms with E-state index in [4.69, 9.17) is 4.74 Å². The predicted molar refractivity (Wildman–Crippen MR) is 81.8 cm³/mol. The van der Waals surface area contributed by atoms with Crippen LogP contribution in [0.25, 0.3) is 5.69 Å². The first-order valence-corrected chi connectivity index (χ1v) is 7.46. The number of aliphatic hydroxyl groups is 1. The van der Waals surface area contributed by atoms with Crippen LogP contribution in [0.4, 0.5) is 0 Å². The molecule has 2 aromatic rings. The van der Waals surface area contributed by atoms with Gasteiger partial charge in [-0.3, -0.25) is 0 Å². The molecule has 0 unspecified atom stereocenters. The maximum Gasteiger partial charge on any atom is 0.119 e. The number of unbranched alkanes of at least 4 members (excludes halogenated alkanes) is 1. The number of hydrogen-bond acceptors (Lipinski definition) is 4. The Bertz CT molecular complexity index is 561. The lowest BCUT2D eigenvalue weighted by molar-refractivity contribution is 0.275. The van der Waals surface area contributed by atoms with Gasteiger partial charge in [0, 0.05) is 0 Å². The zero-order valence-corrected chi connectivity index (χ0v) is 12.9. The first kappa shape index (κ1) is 15.5. The maximum absolute atomic E-state index is 9.36. The van der Waals surface area contributed by atoms with E-state index in [-0.39, 0.29) is 12.5 Å². The lowest BCUT2D eigenvalue weighted by Gasteiger charge is -2.11. The lowest BCUT2D eigenvalue weighted by atomic mass is 10.1. The number of hydrogen-bond donors (Lipinski definition) is 1. The standard InChI is InChI=1S/C16H23N3O2/c1-4-5-10-21-14-8-6-13(7-9-14)19-16(12(2)3)15(11-20)17-18-19/h6-9,12,20H,4-5,10-11H2,1-3H3. The Labute approximate surface area is 125 Å². The van der Waals surface area contributed by atoms with Crippen molar-refractivity contribution in [3.63, 3.8) is 0 Å². The molecule has 1 aromatic carbocycles. The number of nitrogens with zero attached hydrogens (tertiary/aromatic N) is 3. The van der Waals surface area contributed by atoms with Gasteiger partial charge in [0.05, 0.1) is 24.6 Å². The quantitative estimate of drug-likeness (QED) is 0.796. The zero-order valence-electron chi connectivity index (χ0n) is 12.9. The van der Waals surface area contributed by atoms with E-state index in [1.165, 1.54) is 0 Å². The Balaban J connectivity index is 2.21. The highest BCUT2D eigenvalue weighted by Gasteiger charge is 2.16. The van der Waals surface area contributed by atoms with Crippen LogP contribution in [0.5, 0.6) is 5.75 Å². The van der Waals surface area contributed by atoms with Crippen molar-refractivity contribution in [1.29, 1.82) is 0 Å². The third kappa shape index (κ3) is 3.61. The third-order valence-corrected chi connectivity index (χ3v) is 3.32. The molecule has 0 radical (unpaired) electrons. The van der Waals surface area contributed by atoms with Crippen molar-refractivity contribution in [1.82, 2.24) is 15.0 Å². The molecule has 0 aliphatic carbocycles. The molecule has 0 aliphatic heterocycles. The fourth-order valence-electron chi connectivity index (χ4n) is 2.22. The van der Waals surface area contributed by atoms with Crippen LogP contribution in [0.2, 0.25) is 0 Å². The van der Waals surface area contributed by atoms with E-state index < -0.39 is 0 Å². The summed E-state index contributed by atoms with van der Waals surface area (Å²) in [4.78, 5) is 0. The Morgan fingerprint density at radius 2 is 1.95 bits per heavy atom. The van der Waals surface area contributed by atoms with Crippen LogP contribution in [0.1, 0.15) is 50.9 Å². The van der Waals surface area contributed by atoms with Crippen LogP contribution in [-0.2, 0) is 6.61 Å². The molecular formula is C16H23N3O2. The van der Waals surface area contributed by atoms with Gasteiger partial charge in [-0.25, -0.2) is 4.68 Å². The molecule has 0 aliphatic rings. The Morgan fingerprint density at radius 1 is 1.24 bits per heavy atom. The van der Waals surface area contributed by atoms with Crippen LogP contribution in [-0.4, -0.2) is 26.7 Å². The topological polar surface area (TPSA) is 60.2 Å². The van der Waals surface area contributed by atoms with Gasteiger partial charge in [-0.2, -0.15) is 0 Å². The lowest BCUT2D eigenvalue weighted by Crippen LogP contribution is -2.05. The monoisotopic (exact) mass is 289 g/mol. The highest BCUT2D eigenvalue weighted by atomic mass is 16.5. The molecule has 114 valence electrons. The second-order valence-electron chi connectivity index (χ2n) is 5.34. The van der Waals surface area contributed by atoms with E-state index in [0.717, 1.165) is 36.6 Å². The number of aromatic nitrogens is 3. The fraction of sp³-hybridized carbons (Fsp3) is 0.500. The van der Waals surface area contributed by atoms with Crippen LogP contribution in [0.15, 0.2) is 24.3 Å². The molecule has 0 atom stereocenters. The molecule has 2 rings (SSSR count). The predicted octanol–water partition coefficient (Wildman–Crippen LogP) is 3.06. The molecule has 1 N–H and O–H groups in total. The van der Waals surface area contributed by atoms with Gasteiger partial charge in [0.25, 0.3) is 0 Å². The van der Waals surface area contributed by atoms with Crippen LogP contribution in [0, 0.1) is 0 Å². The van der Waals surface area contributed by atoms with E-state index in [9.17, 15) is 5.11 Å². The van der Waals surface area contributed by atoms with Crippen molar-refractivity contribution in [2.75, 3.05) is 6.61 Å². The van der Waals surface area contributed by atoms with Gasteiger partial charge in [-0.15, -0.1) is 5.10 Å². The molecule has 0 fully saturated rings. The van der Waals surface area contributed by atoms with E-state index in [1.54, 1.807) is 4.68 Å². The number of aliphatic hydroxyl groups excluding tert-OH is 1. The molecule has 5 heteroatoms. The summed E-state index contributed by atoms with van der Waals surface area (Å²) in [6.07, 6.45) is 2.18. The van der Waals surface area contributed by atoms with Gasteiger partial charge in [0.1, 0.15) is 11.4 Å². The van der Waals surface area contributed by atoms with Crippen molar-refractivity contribution in [3.05, 3.63) is 35.7 Å². The summed E-state index contributed by atoms with van der Waals surface area (Å²) in [6.45, 7) is 6.92. The highest BCUT2D eigenvalue weighted by molar-refractivity contribution is 5.39. The van der Waals surface area contributed by atoms with Gasteiger partial charge >= 0.3 is 0 Å². The third-order valence-electron chi connectivity index (χ3n) is 3.32. The van der Waals surface area contributed by atoms with Crippen molar-refractivity contribution >= 4 is 0 Å². The highest BCUT2D eigenvalue weighted by Crippen LogP contribution is 2.23. The van der Waals surface area contributed by atoms with E-state index in [0.29, 0.717) is 5.69 Å². The Morgan fingerprint density at radius 3 is 2.52 bits per heavy atom. The van der Waals surface area contributed by atoms with Gasteiger partial charge in [0.15, 0.2) is 0 Å². The molecule has 5 nitrogen and oxygen atoms in total. The summed E-state index contributed by atoms with van der Waals surface area (Å²) in [7, 11) is 0. The number of ether oxygens (including phenoxy) is 1. The van der Waals surface area contributed by atoms with E-state index in [1.807, 2.05) is 24.3 Å². The minimum absolute atomic E-state index is 0.0915. The molecule has 1 aromatic heterocycles. The first-order chi connectivity index (χ1) is 10.2. The summed E-state index contributed by atoms with van der Waals surface area (Å²) < 4.78 is 7.44. The van der Waals surface area contributed by atoms with Gasteiger partial charge in [-0.05, 0) is 36.6 Å². The minimum Gasteiger partial charge on any atom is -0.494 e. The summed E-state index contributed by atoms with van der Waals surface area (Å²) in [6, 6.07) is 7.80. The van der Waals surface area contributed by atoms with Crippen molar-refractivity contribution in [2.24, 2.45) is 0 Å². The molecule has 21 heavy (non-hydrogen) atoms. The fourth-order valence-corrected chi connectivity index (χ4v) is 2.22. The Hall–Kier alpha value is -1.88.